The summed E-state index contributed by atoms with van der Waals surface area (Å²) >= 11 is 0. The molecule has 1 aromatic heterocycles. The van der Waals surface area contributed by atoms with Crippen molar-refractivity contribution in [1.82, 2.24) is 20.6 Å². The molecule has 1 heterocycles. The molecule has 0 unspecified atom stereocenters. The lowest BCUT2D eigenvalue weighted by Crippen LogP contribution is -2.17. The molecule has 1 amide bonds. The second-order valence-electron chi connectivity index (χ2n) is 4.97. The Morgan fingerprint density at radius 1 is 1.08 bits per heavy atom. The van der Waals surface area contributed by atoms with E-state index < -0.39 is 16.9 Å². The number of aromatic carboxylic acids is 1. The van der Waals surface area contributed by atoms with Gasteiger partial charge in [0.1, 0.15) is 0 Å². The van der Waals surface area contributed by atoms with Crippen molar-refractivity contribution < 1.29 is 14.7 Å². The number of carbonyl (C=O) groups is 2. The van der Waals surface area contributed by atoms with Gasteiger partial charge in [-0.25, -0.2) is 4.79 Å². The SMILES string of the molecule is O=C(C[S](c1ccccc1)c1nn[nH]n1)Nc1ccc(C(=O)O)cc1. The van der Waals surface area contributed by atoms with Gasteiger partial charge >= 0.3 is 5.97 Å². The van der Waals surface area contributed by atoms with Crippen molar-refractivity contribution in [2.45, 2.75) is 10.1 Å². The Labute approximate surface area is 145 Å². The number of aromatic amines is 1. The van der Waals surface area contributed by atoms with Crippen LogP contribution in [0.25, 0.3) is 0 Å². The summed E-state index contributed by atoms with van der Waals surface area (Å²) in [6.45, 7) is 0. The second kappa shape index (κ2) is 7.58. The molecular formula is C16H14N5O3S. The summed E-state index contributed by atoms with van der Waals surface area (Å²) in [5.74, 6) is -1.08. The zero-order chi connectivity index (χ0) is 17.6. The van der Waals surface area contributed by atoms with Crippen LogP contribution in [0, 0.1) is 0 Å². The molecule has 127 valence electrons. The van der Waals surface area contributed by atoms with Crippen molar-refractivity contribution in [2.24, 2.45) is 0 Å². The third-order valence-corrected chi connectivity index (χ3v) is 5.27. The van der Waals surface area contributed by atoms with Crippen LogP contribution in [0.2, 0.25) is 0 Å². The highest BCUT2D eigenvalue weighted by Gasteiger charge is 2.20. The van der Waals surface area contributed by atoms with Gasteiger partial charge in [-0.3, -0.25) is 4.79 Å². The number of tetrazole rings is 1. The molecule has 1 radical (unpaired) electrons. The van der Waals surface area contributed by atoms with Gasteiger partial charge in [0.2, 0.25) is 11.1 Å². The highest BCUT2D eigenvalue weighted by Crippen LogP contribution is 2.41. The average Bonchev–Trinajstić information content (AvgIpc) is 3.15. The van der Waals surface area contributed by atoms with Crippen molar-refractivity contribution >= 4 is 28.5 Å². The van der Waals surface area contributed by atoms with Gasteiger partial charge < -0.3 is 10.4 Å². The van der Waals surface area contributed by atoms with E-state index in [4.69, 9.17) is 5.11 Å². The van der Waals surface area contributed by atoms with Gasteiger partial charge in [-0.1, -0.05) is 29.1 Å². The van der Waals surface area contributed by atoms with E-state index >= 15 is 0 Å². The maximum atomic E-state index is 12.4. The molecule has 3 rings (SSSR count). The summed E-state index contributed by atoms with van der Waals surface area (Å²) in [4.78, 5) is 24.2. The first-order valence-electron chi connectivity index (χ1n) is 7.26. The van der Waals surface area contributed by atoms with Crippen molar-refractivity contribution in [1.29, 1.82) is 0 Å². The number of carboxylic acid groups (broad SMARTS) is 1. The molecule has 0 bridgehead atoms. The van der Waals surface area contributed by atoms with E-state index in [1.807, 2.05) is 30.3 Å². The van der Waals surface area contributed by atoms with Crippen LogP contribution in [-0.2, 0) is 4.79 Å². The lowest BCUT2D eigenvalue weighted by atomic mass is 10.2. The Hall–Kier alpha value is -3.20. The molecule has 0 fully saturated rings. The quantitative estimate of drug-likeness (QED) is 0.623. The van der Waals surface area contributed by atoms with E-state index in [1.54, 1.807) is 12.1 Å². The number of nitrogens with one attached hydrogen (secondary N) is 2. The summed E-state index contributed by atoms with van der Waals surface area (Å²) in [7, 11) is -0.658. The molecule has 0 aliphatic carbocycles. The van der Waals surface area contributed by atoms with Crippen LogP contribution in [0.3, 0.4) is 0 Å². The lowest BCUT2D eigenvalue weighted by Gasteiger charge is -2.15. The smallest absolute Gasteiger partial charge is 0.335 e. The summed E-state index contributed by atoms with van der Waals surface area (Å²) in [5.41, 5.74) is 0.688. The van der Waals surface area contributed by atoms with Crippen LogP contribution in [0.4, 0.5) is 5.69 Å². The standard InChI is InChI=1S/C16H14N5O3S/c22-14(17-12-8-6-11(7-9-12)15(23)24)10-25(16-18-20-21-19-16)13-4-2-1-3-5-13/h1-9H,10H2,(H,17,22)(H,23,24)(H,18,19,20,21). The van der Waals surface area contributed by atoms with Crippen LogP contribution >= 0.6 is 10.9 Å². The fourth-order valence-electron chi connectivity index (χ4n) is 2.12. The molecule has 25 heavy (non-hydrogen) atoms. The zero-order valence-electron chi connectivity index (χ0n) is 12.9. The van der Waals surface area contributed by atoms with Gasteiger partial charge in [-0.05, 0) is 41.6 Å². The Morgan fingerprint density at radius 3 is 2.40 bits per heavy atom. The number of anilines is 1. The average molecular weight is 356 g/mol. The molecule has 0 aliphatic rings. The molecule has 9 heteroatoms. The van der Waals surface area contributed by atoms with Crippen LogP contribution in [0.5, 0.6) is 0 Å². The van der Waals surface area contributed by atoms with Crippen molar-refractivity contribution in [3.05, 3.63) is 60.2 Å². The molecule has 0 spiro atoms. The minimum Gasteiger partial charge on any atom is -0.478 e. The van der Waals surface area contributed by atoms with Crippen LogP contribution in [0.15, 0.2) is 64.6 Å². The number of benzene rings is 2. The van der Waals surface area contributed by atoms with Crippen molar-refractivity contribution in [3.63, 3.8) is 0 Å². The molecule has 3 aromatic rings. The fourth-order valence-corrected chi connectivity index (χ4v) is 3.74. The van der Waals surface area contributed by atoms with E-state index in [2.05, 4.69) is 25.9 Å². The minimum absolute atomic E-state index is 0.157. The van der Waals surface area contributed by atoms with Gasteiger partial charge in [0.25, 0.3) is 0 Å². The Balaban J connectivity index is 1.73. The number of nitrogens with zero attached hydrogens (tertiary/aromatic N) is 3. The summed E-state index contributed by atoms with van der Waals surface area (Å²) in [6, 6.07) is 15.5. The van der Waals surface area contributed by atoms with Crippen LogP contribution < -0.4 is 5.32 Å². The maximum Gasteiger partial charge on any atom is 0.335 e. The number of hydrogen-bond acceptors (Lipinski definition) is 5. The number of H-pyrrole nitrogens is 1. The predicted octanol–water partition coefficient (Wildman–Crippen LogP) is 2.22. The first kappa shape index (κ1) is 16.7. The number of carboxylic acids is 1. The van der Waals surface area contributed by atoms with Crippen molar-refractivity contribution in [3.8, 4) is 0 Å². The largest absolute Gasteiger partial charge is 0.478 e. The molecule has 0 atom stereocenters. The number of carbonyl (C=O) groups excluding carboxylic acids is 1. The minimum atomic E-state index is -1.01. The number of rotatable bonds is 6. The molecular weight excluding hydrogens is 342 g/mol. The normalized spacial score (nSPS) is 10.6. The van der Waals surface area contributed by atoms with Crippen LogP contribution in [0.1, 0.15) is 10.4 Å². The molecule has 0 saturated carbocycles. The number of hydrogen-bond donors (Lipinski definition) is 3. The highest BCUT2D eigenvalue weighted by atomic mass is 32.2. The van der Waals surface area contributed by atoms with E-state index in [1.165, 1.54) is 12.1 Å². The van der Waals surface area contributed by atoms with E-state index in [-0.39, 0.29) is 17.2 Å². The Morgan fingerprint density at radius 2 is 1.80 bits per heavy atom. The van der Waals surface area contributed by atoms with E-state index in [9.17, 15) is 9.59 Å². The Bertz CT molecular complexity index is 853. The Kier molecular flexibility index (Phi) is 5.05. The summed E-state index contributed by atoms with van der Waals surface area (Å²) < 4.78 is 0. The molecule has 0 aliphatic heterocycles. The monoisotopic (exact) mass is 356 g/mol. The third-order valence-electron chi connectivity index (χ3n) is 3.27. The first-order chi connectivity index (χ1) is 12.1. The van der Waals surface area contributed by atoms with Gasteiger partial charge in [-0.15, -0.1) is 10.2 Å². The fraction of sp³-hybridized carbons (Fsp3) is 0.0625. The van der Waals surface area contributed by atoms with E-state index in [0.29, 0.717) is 10.8 Å². The topological polar surface area (TPSA) is 121 Å². The van der Waals surface area contributed by atoms with E-state index in [0.717, 1.165) is 4.90 Å². The molecule has 2 aromatic carbocycles. The van der Waals surface area contributed by atoms with Crippen LogP contribution in [-0.4, -0.2) is 43.4 Å². The van der Waals surface area contributed by atoms with Gasteiger partial charge in [-0.2, -0.15) is 5.21 Å². The third kappa shape index (κ3) is 4.21. The lowest BCUT2D eigenvalue weighted by molar-refractivity contribution is -0.113. The first-order valence-corrected chi connectivity index (χ1v) is 8.65. The molecule has 0 saturated heterocycles. The second-order valence-corrected chi connectivity index (χ2v) is 6.88. The number of amides is 1. The summed E-state index contributed by atoms with van der Waals surface area (Å²) in [5, 5.41) is 26.1. The number of aromatic nitrogens is 4. The summed E-state index contributed by atoms with van der Waals surface area (Å²) in [6.07, 6.45) is 0. The predicted molar refractivity (Wildman–Crippen MR) is 91.6 cm³/mol. The zero-order valence-corrected chi connectivity index (χ0v) is 13.7. The highest BCUT2D eigenvalue weighted by molar-refractivity contribution is 8.17. The maximum absolute atomic E-state index is 12.4. The van der Waals surface area contributed by atoms with Gasteiger partial charge in [0.15, 0.2) is 0 Å². The molecule has 3 N–H and O–H groups in total. The molecule has 8 nitrogen and oxygen atoms in total. The van der Waals surface area contributed by atoms with Gasteiger partial charge in [0, 0.05) is 10.6 Å². The van der Waals surface area contributed by atoms with Gasteiger partial charge in [0.05, 0.1) is 11.3 Å². The van der Waals surface area contributed by atoms with Crippen molar-refractivity contribution in [2.75, 3.05) is 11.1 Å².